The summed E-state index contributed by atoms with van der Waals surface area (Å²) in [5.74, 6) is 0.486. The molecule has 0 fully saturated rings. The van der Waals surface area contributed by atoms with Crippen LogP contribution in [0.1, 0.15) is 32.8 Å². The summed E-state index contributed by atoms with van der Waals surface area (Å²) in [4.78, 5) is 11.7. The Labute approximate surface area is 125 Å². The van der Waals surface area contributed by atoms with E-state index in [4.69, 9.17) is 22.1 Å². The number of nitrogens with one attached hydrogen (secondary N) is 1. The Kier molecular flexibility index (Phi) is 6.82. The monoisotopic (exact) mass is 298 g/mol. The van der Waals surface area contributed by atoms with E-state index in [-0.39, 0.29) is 24.6 Å². The van der Waals surface area contributed by atoms with E-state index in [0.29, 0.717) is 17.2 Å². The zero-order valence-electron chi connectivity index (χ0n) is 12.3. The van der Waals surface area contributed by atoms with Crippen LogP contribution in [-0.2, 0) is 11.2 Å². The number of ether oxygens (including phenoxy) is 1. The summed E-state index contributed by atoms with van der Waals surface area (Å²) in [6.45, 7) is 5.86. The first-order valence-electron chi connectivity index (χ1n) is 6.89. The van der Waals surface area contributed by atoms with Gasteiger partial charge in [0, 0.05) is 22.7 Å². The van der Waals surface area contributed by atoms with Crippen LogP contribution >= 0.6 is 11.6 Å². The molecule has 0 aliphatic rings. The van der Waals surface area contributed by atoms with Crippen LogP contribution in [0.4, 0.5) is 0 Å². The second-order valence-electron chi connectivity index (χ2n) is 5.06. The van der Waals surface area contributed by atoms with Crippen molar-refractivity contribution in [1.29, 1.82) is 0 Å². The molecule has 0 aliphatic heterocycles. The third-order valence-electron chi connectivity index (χ3n) is 2.98. The van der Waals surface area contributed by atoms with E-state index >= 15 is 0 Å². The van der Waals surface area contributed by atoms with E-state index in [1.54, 1.807) is 18.2 Å². The fraction of sp³-hybridized carbons (Fsp3) is 0.533. The fourth-order valence-corrected chi connectivity index (χ4v) is 2.00. The standard InChI is InChI=1S/C15H23ClN2O2/c1-4-11(3)18-15(19)9-20-14-7-5-6-13(16)12(14)8-10(2)17/h5-7,10-11H,4,8-9,17H2,1-3H3,(H,18,19). The third kappa shape index (κ3) is 5.39. The van der Waals surface area contributed by atoms with Gasteiger partial charge in [0.1, 0.15) is 5.75 Å². The second kappa shape index (κ2) is 8.12. The van der Waals surface area contributed by atoms with E-state index in [0.717, 1.165) is 12.0 Å². The molecule has 3 N–H and O–H groups in total. The molecule has 0 aliphatic carbocycles. The highest BCUT2D eigenvalue weighted by molar-refractivity contribution is 6.31. The zero-order valence-corrected chi connectivity index (χ0v) is 13.0. The van der Waals surface area contributed by atoms with E-state index in [1.807, 2.05) is 20.8 Å². The van der Waals surface area contributed by atoms with Crippen LogP contribution in [0.5, 0.6) is 5.75 Å². The molecule has 4 nitrogen and oxygen atoms in total. The molecule has 0 spiro atoms. The third-order valence-corrected chi connectivity index (χ3v) is 3.33. The van der Waals surface area contributed by atoms with Crippen molar-refractivity contribution in [2.75, 3.05) is 6.61 Å². The molecule has 1 rings (SSSR count). The molecule has 1 aromatic carbocycles. The second-order valence-corrected chi connectivity index (χ2v) is 5.47. The van der Waals surface area contributed by atoms with Gasteiger partial charge in [-0.1, -0.05) is 24.6 Å². The molecule has 0 radical (unpaired) electrons. The molecule has 2 unspecified atom stereocenters. The molecule has 0 aromatic heterocycles. The number of hydrogen-bond donors (Lipinski definition) is 2. The predicted molar refractivity (Wildman–Crippen MR) is 82.2 cm³/mol. The van der Waals surface area contributed by atoms with E-state index in [9.17, 15) is 4.79 Å². The van der Waals surface area contributed by atoms with Crippen molar-refractivity contribution in [2.45, 2.75) is 45.7 Å². The first-order valence-corrected chi connectivity index (χ1v) is 7.27. The Balaban J connectivity index is 2.68. The van der Waals surface area contributed by atoms with Gasteiger partial charge in [-0.15, -0.1) is 0 Å². The number of carbonyl (C=O) groups is 1. The van der Waals surface area contributed by atoms with Gasteiger partial charge >= 0.3 is 0 Å². The zero-order chi connectivity index (χ0) is 15.1. The minimum atomic E-state index is -0.133. The summed E-state index contributed by atoms with van der Waals surface area (Å²) in [5, 5.41) is 3.47. The lowest BCUT2D eigenvalue weighted by Crippen LogP contribution is -2.35. The number of rotatable bonds is 7. The summed E-state index contributed by atoms with van der Waals surface area (Å²) < 4.78 is 5.57. The van der Waals surface area contributed by atoms with Gasteiger partial charge in [0.2, 0.25) is 0 Å². The SMILES string of the molecule is CCC(C)NC(=O)COc1cccc(Cl)c1CC(C)N. The maximum atomic E-state index is 11.7. The van der Waals surface area contributed by atoms with Gasteiger partial charge in [-0.25, -0.2) is 0 Å². The average molecular weight is 299 g/mol. The van der Waals surface area contributed by atoms with E-state index < -0.39 is 0 Å². The van der Waals surface area contributed by atoms with Crippen LogP contribution in [0, 0.1) is 0 Å². The van der Waals surface area contributed by atoms with Crippen LogP contribution in [0.15, 0.2) is 18.2 Å². The van der Waals surface area contributed by atoms with Crippen molar-refractivity contribution >= 4 is 17.5 Å². The molecule has 1 aromatic rings. The Morgan fingerprint density at radius 1 is 1.45 bits per heavy atom. The van der Waals surface area contributed by atoms with Crippen LogP contribution in [0.2, 0.25) is 5.02 Å². The largest absolute Gasteiger partial charge is 0.483 e. The van der Waals surface area contributed by atoms with Gasteiger partial charge in [0.15, 0.2) is 6.61 Å². The first kappa shape index (κ1) is 16.8. The highest BCUT2D eigenvalue weighted by Crippen LogP contribution is 2.27. The average Bonchev–Trinajstić information content (AvgIpc) is 2.39. The maximum Gasteiger partial charge on any atom is 0.258 e. The first-order chi connectivity index (χ1) is 9.43. The number of benzene rings is 1. The van der Waals surface area contributed by atoms with E-state index in [1.165, 1.54) is 0 Å². The van der Waals surface area contributed by atoms with Crippen molar-refractivity contribution in [3.63, 3.8) is 0 Å². The van der Waals surface area contributed by atoms with Gasteiger partial charge in [0.05, 0.1) is 0 Å². The van der Waals surface area contributed by atoms with E-state index in [2.05, 4.69) is 5.32 Å². The van der Waals surface area contributed by atoms with Crippen molar-refractivity contribution < 1.29 is 9.53 Å². The number of nitrogens with two attached hydrogens (primary N) is 1. The van der Waals surface area contributed by atoms with Gasteiger partial charge in [-0.3, -0.25) is 4.79 Å². The summed E-state index contributed by atoms with van der Waals surface area (Å²) >= 11 is 6.16. The quantitative estimate of drug-likeness (QED) is 0.813. The van der Waals surface area contributed by atoms with Crippen LogP contribution < -0.4 is 15.8 Å². The molecule has 0 bridgehead atoms. The lowest BCUT2D eigenvalue weighted by molar-refractivity contribution is -0.123. The van der Waals surface area contributed by atoms with Crippen LogP contribution in [0.3, 0.4) is 0 Å². The molecule has 2 atom stereocenters. The highest BCUT2D eigenvalue weighted by Gasteiger charge is 2.12. The summed E-state index contributed by atoms with van der Waals surface area (Å²) in [7, 11) is 0. The summed E-state index contributed by atoms with van der Waals surface area (Å²) in [6.07, 6.45) is 1.50. The maximum absolute atomic E-state index is 11.7. The molecule has 0 heterocycles. The molecule has 0 saturated carbocycles. The molecular weight excluding hydrogens is 276 g/mol. The van der Waals surface area contributed by atoms with Crippen molar-refractivity contribution in [3.05, 3.63) is 28.8 Å². The van der Waals surface area contributed by atoms with Gasteiger partial charge < -0.3 is 15.8 Å². The number of amides is 1. The minimum Gasteiger partial charge on any atom is -0.483 e. The number of carbonyl (C=O) groups excluding carboxylic acids is 1. The van der Waals surface area contributed by atoms with Crippen LogP contribution in [0.25, 0.3) is 0 Å². The molecule has 1 amide bonds. The Hall–Kier alpha value is -1.26. The Bertz CT molecular complexity index is 449. The molecule has 112 valence electrons. The van der Waals surface area contributed by atoms with Crippen molar-refractivity contribution in [3.8, 4) is 5.75 Å². The Morgan fingerprint density at radius 2 is 2.15 bits per heavy atom. The number of halogens is 1. The lowest BCUT2D eigenvalue weighted by atomic mass is 10.1. The van der Waals surface area contributed by atoms with Crippen molar-refractivity contribution in [1.82, 2.24) is 5.32 Å². The predicted octanol–water partition coefficient (Wildman–Crippen LogP) is 2.52. The molecule has 5 heteroatoms. The van der Waals surface area contributed by atoms with Gasteiger partial charge in [-0.05, 0) is 38.8 Å². The van der Waals surface area contributed by atoms with Crippen LogP contribution in [-0.4, -0.2) is 24.6 Å². The van der Waals surface area contributed by atoms with Gasteiger partial charge in [-0.2, -0.15) is 0 Å². The van der Waals surface area contributed by atoms with Gasteiger partial charge in [0.25, 0.3) is 5.91 Å². The number of hydrogen-bond acceptors (Lipinski definition) is 3. The molecular formula is C15H23ClN2O2. The topological polar surface area (TPSA) is 64.3 Å². The molecule has 0 saturated heterocycles. The highest BCUT2D eigenvalue weighted by atomic mass is 35.5. The minimum absolute atomic E-state index is 0.0172. The summed E-state index contributed by atoms with van der Waals surface area (Å²) in [5.41, 5.74) is 6.66. The lowest BCUT2D eigenvalue weighted by Gasteiger charge is -2.16. The fourth-order valence-electron chi connectivity index (χ4n) is 1.76. The molecule has 20 heavy (non-hydrogen) atoms. The Morgan fingerprint density at radius 3 is 2.75 bits per heavy atom. The normalized spacial score (nSPS) is 13.7. The summed E-state index contributed by atoms with van der Waals surface area (Å²) in [6, 6.07) is 5.53. The van der Waals surface area contributed by atoms with Crippen molar-refractivity contribution in [2.24, 2.45) is 5.73 Å². The smallest absolute Gasteiger partial charge is 0.258 e.